The van der Waals surface area contributed by atoms with Crippen molar-refractivity contribution < 1.29 is 4.74 Å². The van der Waals surface area contributed by atoms with Gasteiger partial charge < -0.3 is 4.74 Å². The molecule has 3 heteroatoms. The van der Waals surface area contributed by atoms with E-state index in [0.717, 1.165) is 10.6 Å². The highest BCUT2D eigenvalue weighted by molar-refractivity contribution is 7.81. The summed E-state index contributed by atoms with van der Waals surface area (Å²) in [6.45, 7) is 13.2. The largest absolute Gasteiger partial charge is 0.487 e. The van der Waals surface area contributed by atoms with E-state index in [-0.39, 0.29) is 5.60 Å². The van der Waals surface area contributed by atoms with Crippen molar-refractivity contribution in [3.63, 3.8) is 0 Å². The maximum absolute atomic E-state index is 5.91. The van der Waals surface area contributed by atoms with Crippen LogP contribution in [0.15, 0.2) is 24.0 Å². The van der Waals surface area contributed by atoms with E-state index in [1.165, 1.54) is 0 Å². The van der Waals surface area contributed by atoms with Crippen LogP contribution in [0.5, 0.6) is 0 Å². The molecular weight excluding hydrogens is 232 g/mol. The van der Waals surface area contributed by atoms with Crippen LogP contribution in [0.4, 0.5) is 0 Å². The van der Waals surface area contributed by atoms with E-state index in [4.69, 9.17) is 17.0 Å². The first kappa shape index (κ1) is 13.7. The molecule has 0 aromatic carbocycles. The Hall–Kier alpha value is -0.413. The molecule has 0 saturated carbocycles. The van der Waals surface area contributed by atoms with Crippen LogP contribution in [0.2, 0.25) is 25.2 Å². The van der Waals surface area contributed by atoms with E-state index in [0.29, 0.717) is 5.54 Å². The fourth-order valence-corrected chi connectivity index (χ4v) is 4.54. The Labute approximate surface area is 106 Å². The molecule has 0 spiro atoms. The van der Waals surface area contributed by atoms with Gasteiger partial charge in [-0.15, -0.1) is 0 Å². The van der Waals surface area contributed by atoms with Crippen LogP contribution in [-0.2, 0) is 4.74 Å². The molecule has 16 heavy (non-hydrogen) atoms. The third-order valence-electron chi connectivity index (χ3n) is 2.43. The highest BCUT2D eigenvalue weighted by Crippen LogP contribution is 2.33. The smallest absolute Gasteiger partial charge is 0.134 e. The molecule has 0 aromatic heterocycles. The molecule has 0 heterocycles. The van der Waals surface area contributed by atoms with Crippen LogP contribution >= 0.6 is 12.2 Å². The van der Waals surface area contributed by atoms with Gasteiger partial charge in [-0.1, -0.05) is 44.0 Å². The topological polar surface area (TPSA) is 9.23 Å². The molecule has 1 unspecified atom stereocenters. The highest BCUT2D eigenvalue weighted by atomic mass is 32.1. The zero-order valence-electron chi connectivity index (χ0n) is 11.1. The second kappa shape index (κ2) is 4.45. The minimum atomic E-state index is -1.29. The van der Waals surface area contributed by atoms with E-state index >= 15 is 0 Å². The van der Waals surface area contributed by atoms with Gasteiger partial charge in [-0.05, 0) is 26.8 Å². The summed E-state index contributed by atoms with van der Waals surface area (Å²) in [4.78, 5) is 0.983. The molecule has 0 N–H and O–H groups in total. The Morgan fingerprint density at radius 1 is 1.25 bits per heavy atom. The Morgan fingerprint density at radius 3 is 2.25 bits per heavy atom. The molecule has 0 fully saturated rings. The van der Waals surface area contributed by atoms with Crippen molar-refractivity contribution in [3.8, 4) is 0 Å². The average molecular weight is 254 g/mol. The molecule has 0 amide bonds. The van der Waals surface area contributed by atoms with Gasteiger partial charge in [0.1, 0.15) is 11.4 Å². The zero-order chi connectivity index (χ0) is 12.6. The van der Waals surface area contributed by atoms with Crippen molar-refractivity contribution >= 4 is 25.2 Å². The van der Waals surface area contributed by atoms with Crippen molar-refractivity contribution in [3.05, 3.63) is 24.0 Å². The monoisotopic (exact) mass is 254 g/mol. The SMILES string of the molecule is CC(C)(C)OC1=CC=CC([Si](C)(C)C)C1=S. The van der Waals surface area contributed by atoms with E-state index < -0.39 is 8.07 Å². The Bertz CT molecular complexity index is 342. The molecule has 0 aromatic rings. The van der Waals surface area contributed by atoms with Crippen molar-refractivity contribution in [1.82, 2.24) is 0 Å². The van der Waals surface area contributed by atoms with Gasteiger partial charge in [0.05, 0.1) is 12.9 Å². The first-order chi connectivity index (χ1) is 7.11. The number of ether oxygens (including phenoxy) is 1. The Morgan fingerprint density at radius 2 is 1.81 bits per heavy atom. The molecule has 1 aliphatic rings. The van der Waals surface area contributed by atoms with Crippen molar-refractivity contribution in [2.45, 2.75) is 51.6 Å². The van der Waals surface area contributed by atoms with Crippen LogP contribution in [0.3, 0.4) is 0 Å². The minimum absolute atomic E-state index is 0.176. The van der Waals surface area contributed by atoms with Crippen LogP contribution in [0.25, 0.3) is 0 Å². The van der Waals surface area contributed by atoms with E-state index in [2.05, 4.69) is 52.6 Å². The summed E-state index contributed by atoms with van der Waals surface area (Å²) in [6.07, 6.45) is 6.30. The quantitative estimate of drug-likeness (QED) is 0.536. The second-order valence-electron chi connectivity index (χ2n) is 6.34. The van der Waals surface area contributed by atoms with Crippen molar-refractivity contribution in [2.75, 3.05) is 0 Å². The fraction of sp³-hybridized carbons (Fsp3) is 0.615. The molecule has 90 valence electrons. The summed E-state index contributed by atoms with van der Waals surface area (Å²) in [7, 11) is -1.29. The summed E-state index contributed by atoms with van der Waals surface area (Å²) < 4.78 is 5.91. The highest BCUT2D eigenvalue weighted by Gasteiger charge is 2.32. The van der Waals surface area contributed by atoms with Gasteiger partial charge >= 0.3 is 0 Å². The standard InChI is InChI=1S/C13H22OSSi/c1-13(2,3)14-10-8-7-9-11(12(10)15)16(4,5)6/h7-9,11H,1-6H3. The third-order valence-corrected chi connectivity index (χ3v) is 5.44. The van der Waals surface area contributed by atoms with Gasteiger partial charge in [0.2, 0.25) is 0 Å². The molecule has 0 radical (unpaired) electrons. The predicted octanol–water partition coefficient (Wildman–Crippen LogP) is 4.33. The van der Waals surface area contributed by atoms with E-state index in [9.17, 15) is 0 Å². The third kappa shape index (κ3) is 3.56. The predicted molar refractivity (Wildman–Crippen MR) is 77.8 cm³/mol. The summed E-state index contributed by atoms with van der Waals surface area (Å²) in [5.41, 5.74) is 0.246. The maximum atomic E-state index is 5.91. The zero-order valence-corrected chi connectivity index (χ0v) is 12.9. The number of hydrogen-bond acceptors (Lipinski definition) is 2. The fourth-order valence-electron chi connectivity index (χ4n) is 1.67. The van der Waals surface area contributed by atoms with Crippen LogP contribution in [0, 0.1) is 0 Å². The first-order valence-electron chi connectivity index (χ1n) is 5.73. The van der Waals surface area contributed by atoms with Gasteiger partial charge in [-0.3, -0.25) is 0 Å². The summed E-state index contributed by atoms with van der Waals surface area (Å²) >= 11 is 5.55. The van der Waals surface area contributed by atoms with Gasteiger partial charge in [0.15, 0.2) is 0 Å². The van der Waals surface area contributed by atoms with Gasteiger partial charge in [0.25, 0.3) is 0 Å². The van der Waals surface area contributed by atoms with Gasteiger partial charge in [0, 0.05) is 5.54 Å². The lowest BCUT2D eigenvalue weighted by molar-refractivity contribution is 0.0643. The molecule has 0 aliphatic heterocycles. The summed E-state index contributed by atoms with van der Waals surface area (Å²) in [5, 5.41) is 0. The number of hydrogen-bond donors (Lipinski definition) is 0. The van der Waals surface area contributed by atoms with E-state index in [1.54, 1.807) is 0 Å². The van der Waals surface area contributed by atoms with Crippen LogP contribution in [-0.4, -0.2) is 18.5 Å². The molecule has 1 nitrogen and oxygen atoms in total. The molecule has 1 rings (SSSR count). The lowest BCUT2D eigenvalue weighted by Gasteiger charge is -2.32. The molecule has 1 atom stereocenters. The maximum Gasteiger partial charge on any atom is 0.134 e. The summed E-state index contributed by atoms with van der Waals surface area (Å²) in [5.74, 6) is 0.887. The van der Waals surface area contributed by atoms with Crippen molar-refractivity contribution in [1.29, 1.82) is 0 Å². The Balaban J connectivity index is 2.88. The lowest BCUT2D eigenvalue weighted by atomic mass is 10.1. The van der Waals surface area contributed by atoms with Crippen LogP contribution in [0.1, 0.15) is 20.8 Å². The average Bonchev–Trinajstić information content (AvgIpc) is 2.04. The van der Waals surface area contributed by atoms with Gasteiger partial charge in [-0.2, -0.15) is 0 Å². The lowest BCUT2D eigenvalue weighted by Crippen LogP contribution is -2.35. The van der Waals surface area contributed by atoms with Crippen molar-refractivity contribution in [2.24, 2.45) is 0 Å². The number of thiocarbonyl (C=S) groups is 1. The second-order valence-corrected chi connectivity index (χ2v) is 12.1. The van der Waals surface area contributed by atoms with Crippen LogP contribution < -0.4 is 0 Å². The number of allylic oxidation sites excluding steroid dienone is 4. The first-order valence-corrected chi connectivity index (χ1v) is 9.71. The minimum Gasteiger partial charge on any atom is -0.487 e. The molecule has 1 aliphatic carbocycles. The molecule has 0 saturated heterocycles. The normalized spacial score (nSPS) is 22.0. The van der Waals surface area contributed by atoms with E-state index in [1.807, 2.05) is 6.08 Å². The number of rotatable bonds is 2. The summed E-state index contributed by atoms with van der Waals surface area (Å²) in [6, 6.07) is 0. The Kier molecular flexibility index (Phi) is 3.80. The van der Waals surface area contributed by atoms with Gasteiger partial charge in [-0.25, -0.2) is 0 Å². The molecular formula is C13H22OSSi. The molecule has 0 bridgehead atoms.